The Balaban J connectivity index is 1.16. The lowest BCUT2D eigenvalue weighted by Gasteiger charge is -2.21. The Hall–Kier alpha value is -3.03. The number of aliphatic hydroxyl groups excluding tert-OH is 3. The molecule has 2 fully saturated rings. The number of rotatable bonds is 24. The lowest BCUT2D eigenvalue weighted by atomic mass is 10.1. The number of nitrogens with two attached hydrogens (primary N) is 1. The van der Waals surface area contributed by atoms with Crippen LogP contribution in [0.1, 0.15) is 62.0 Å². The van der Waals surface area contributed by atoms with Crippen LogP contribution in [0.15, 0.2) is 37.2 Å². The number of aliphatic hydroxyl groups is 3. The number of nitrogens with zero attached hydrogens (tertiary/aromatic N) is 5. The highest BCUT2D eigenvalue weighted by Crippen LogP contribution is 2.61. The number of nitrogens with one attached hydrogen (secondary N) is 1. The maximum absolute atomic E-state index is 12.7. The van der Waals surface area contributed by atoms with Crippen molar-refractivity contribution in [2.45, 2.75) is 101 Å². The molecule has 2 aliphatic rings. The molecule has 0 spiro atoms. The second-order valence-electron chi connectivity index (χ2n) is 14.0. The number of fused-ring (bicyclic) bond motifs is 1. The third kappa shape index (κ3) is 13.2. The van der Waals surface area contributed by atoms with E-state index < -0.39 is 85.6 Å². The number of aromatic nitrogens is 5. The van der Waals surface area contributed by atoms with Crippen molar-refractivity contribution >= 4 is 52.0 Å². The number of hydrogen-bond donors (Lipinski definition) is 9. The van der Waals surface area contributed by atoms with Gasteiger partial charge in [0.2, 0.25) is 0 Å². The van der Waals surface area contributed by atoms with Crippen LogP contribution in [-0.2, 0) is 52.4 Å². The van der Waals surface area contributed by atoms with Crippen LogP contribution in [0.5, 0.6) is 0 Å². The molecule has 3 aromatic heterocycles. The van der Waals surface area contributed by atoms with Crippen LogP contribution in [0.4, 0.5) is 5.82 Å². The number of phosphoric ester groups is 3. The quantitative estimate of drug-likeness (QED) is 0.0243. The van der Waals surface area contributed by atoms with Gasteiger partial charge in [0.05, 0.1) is 38.2 Å². The van der Waals surface area contributed by atoms with Gasteiger partial charge < -0.3 is 60.0 Å². The van der Waals surface area contributed by atoms with Gasteiger partial charge in [-0.1, -0.05) is 19.3 Å². The number of unbranched alkanes of at least 4 members (excludes halogenated alkanes) is 4. The molecule has 0 aromatic carbocycles. The Kier molecular flexibility index (Phi) is 16.7. The molecule has 0 amide bonds. The zero-order chi connectivity index (χ0) is 43.8. The minimum Gasteiger partial charge on any atom is -0.387 e. The summed E-state index contributed by atoms with van der Waals surface area (Å²) in [5, 5.41) is 34.9. The van der Waals surface area contributed by atoms with Crippen molar-refractivity contribution in [1.29, 1.82) is 0 Å². The summed E-state index contributed by atoms with van der Waals surface area (Å²) in [7, 11) is -16.3. The van der Waals surface area contributed by atoms with Crippen molar-refractivity contribution in [1.82, 2.24) is 19.5 Å². The number of ketones is 2. The lowest BCUT2D eigenvalue weighted by molar-refractivity contribution is -0.765. The molecule has 4 unspecified atom stereocenters. The van der Waals surface area contributed by atoms with Gasteiger partial charge in [0.1, 0.15) is 48.5 Å². The molecule has 0 aliphatic carbocycles. The maximum Gasteiger partial charge on any atom is 0.481 e. The van der Waals surface area contributed by atoms with E-state index in [1.54, 1.807) is 0 Å². The predicted molar refractivity (Wildman–Crippen MR) is 202 cm³/mol. The molecule has 5 heterocycles. The number of pyridine rings is 1. The fourth-order valence-electron chi connectivity index (χ4n) is 6.48. The summed E-state index contributed by atoms with van der Waals surface area (Å²) in [6.45, 7) is -0.394. The molecule has 0 bridgehead atoms. The van der Waals surface area contributed by atoms with Crippen molar-refractivity contribution in [3.8, 4) is 0 Å². The number of Topliss-reactive ketones (excluding diaryl/α,β-unsaturated/α-hetero) is 2. The number of phosphoric acid groups is 3. The summed E-state index contributed by atoms with van der Waals surface area (Å²) >= 11 is 0. The molecule has 25 nitrogen and oxygen atoms in total. The lowest BCUT2D eigenvalue weighted by Crippen LogP contribution is -2.46. The Morgan fingerprint density at radius 1 is 0.900 bits per heavy atom. The topological polar surface area (TPSA) is 368 Å². The number of anilines is 1. The smallest absolute Gasteiger partial charge is 0.387 e. The van der Waals surface area contributed by atoms with Gasteiger partial charge in [0, 0.05) is 12.5 Å². The summed E-state index contributed by atoms with van der Waals surface area (Å²) < 4.78 is 69.9. The van der Waals surface area contributed by atoms with Crippen LogP contribution < -0.4 is 15.6 Å². The summed E-state index contributed by atoms with van der Waals surface area (Å²) in [6, 6.07) is 3.00. The van der Waals surface area contributed by atoms with E-state index in [0.717, 1.165) is 32.1 Å². The van der Waals surface area contributed by atoms with E-state index in [-0.39, 0.29) is 47.2 Å². The van der Waals surface area contributed by atoms with Gasteiger partial charge in [-0.05, 0) is 32.4 Å². The first-order valence-electron chi connectivity index (χ1n) is 18.7. The second kappa shape index (κ2) is 20.9. The molecule has 2 saturated heterocycles. The first-order valence-corrected chi connectivity index (χ1v) is 23.2. The van der Waals surface area contributed by atoms with Gasteiger partial charge in [-0.2, -0.15) is 8.88 Å². The molecule has 10 N–H and O–H groups in total. The van der Waals surface area contributed by atoms with Crippen LogP contribution in [0.25, 0.3) is 11.2 Å². The first kappa shape index (κ1) is 48.0. The van der Waals surface area contributed by atoms with E-state index in [1.165, 1.54) is 53.2 Å². The number of carbonyl (C=O) groups excluding carboxylic acids is 2. The molecule has 0 radical (unpaired) electrons. The minimum absolute atomic E-state index is 0.0306. The van der Waals surface area contributed by atoms with Crippen molar-refractivity contribution in [3.63, 3.8) is 0 Å². The summed E-state index contributed by atoms with van der Waals surface area (Å²) in [6.07, 6.45) is -2.51. The number of carbonyl (C=O) groups is 2. The van der Waals surface area contributed by atoms with Gasteiger partial charge in [0.15, 0.2) is 41.5 Å². The van der Waals surface area contributed by atoms with Crippen LogP contribution in [0, 0.1) is 0 Å². The number of ether oxygens (including phenoxy) is 2. The molecule has 5 rings (SSSR count). The number of hydrogen-bond acceptors (Lipinski definition) is 19. The highest BCUT2D eigenvalue weighted by atomic mass is 31.3. The maximum atomic E-state index is 12.7. The van der Waals surface area contributed by atoms with E-state index >= 15 is 0 Å². The standard InChI is InChI=1S/C32H48N7O18P3/c1-19(40)20-8-7-11-38(13-20)32-28(44)26(42)23(55-32)15-52-59(48,49)57-60(50,51)53-16-24-27(43)29(56-58(45,46)47)22(54-24)14-39-18-37-25-30(35-17-36-31(25)39)34-12-21(41)9-5-3-2-4-6-10-33/h7-8,11,13,17-18,22-24,26-29,32,42-44H,2-6,9-10,12,14-16,33H2,1H3,(H4-,34,35,36,45,46,47,48,49,50,51)/p+1/t22-,23-,24+,26+,27?,28?,29+,32-/m1/s1. The molecular formula is C32H49N7O18P3+. The molecule has 60 heavy (non-hydrogen) atoms. The van der Waals surface area contributed by atoms with Crippen LogP contribution in [0.2, 0.25) is 0 Å². The largest absolute Gasteiger partial charge is 0.481 e. The third-order valence-corrected chi connectivity index (χ3v) is 12.6. The van der Waals surface area contributed by atoms with Crippen LogP contribution in [0.3, 0.4) is 0 Å². The van der Waals surface area contributed by atoms with Crippen molar-refractivity contribution in [3.05, 3.63) is 42.7 Å². The molecule has 2 aliphatic heterocycles. The summed E-state index contributed by atoms with van der Waals surface area (Å²) in [5.41, 5.74) is 6.19. The van der Waals surface area contributed by atoms with E-state index in [0.29, 0.717) is 13.0 Å². The monoisotopic (exact) mass is 912 g/mol. The van der Waals surface area contributed by atoms with Crippen molar-refractivity contribution < 1.29 is 90.1 Å². The minimum atomic E-state index is -5.54. The van der Waals surface area contributed by atoms with Gasteiger partial charge in [-0.15, -0.1) is 0 Å². The van der Waals surface area contributed by atoms with Crippen molar-refractivity contribution in [2.24, 2.45) is 5.73 Å². The molecule has 10 atom stereocenters. The van der Waals surface area contributed by atoms with E-state index in [2.05, 4.69) is 24.6 Å². The highest BCUT2D eigenvalue weighted by molar-refractivity contribution is 7.61. The Bertz CT molecular complexity index is 2090. The first-order chi connectivity index (χ1) is 28.3. The van der Waals surface area contributed by atoms with Crippen LogP contribution >= 0.6 is 23.5 Å². The zero-order valence-electron chi connectivity index (χ0n) is 32.1. The highest BCUT2D eigenvalue weighted by Gasteiger charge is 2.51. The molecule has 0 saturated carbocycles. The average Bonchev–Trinajstić information content (AvgIpc) is 3.82. The second-order valence-corrected chi connectivity index (χ2v) is 18.2. The summed E-state index contributed by atoms with van der Waals surface area (Å²) in [5.74, 6) is -0.114. The molecule has 3 aromatic rings. The Morgan fingerprint density at radius 3 is 2.23 bits per heavy atom. The van der Waals surface area contributed by atoms with Gasteiger partial charge in [-0.25, -0.2) is 28.6 Å². The molecule has 334 valence electrons. The van der Waals surface area contributed by atoms with E-state index in [9.17, 15) is 58.2 Å². The average molecular weight is 913 g/mol. The van der Waals surface area contributed by atoms with E-state index in [1.807, 2.05) is 0 Å². The van der Waals surface area contributed by atoms with Gasteiger partial charge in [0.25, 0.3) is 6.23 Å². The van der Waals surface area contributed by atoms with Gasteiger partial charge >= 0.3 is 23.5 Å². The molecule has 28 heteroatoms. The SMILES string of the molecule is CC(=O)c1ccc[n+]([C@@H]2O[C@H](COP(=O)(O)OP(=O)(O)OC[C@@H]3O[C@H](Cn4cnc5c(NCC(=O)CCCCCCCN)ncnc54)[C@H](OP(=O)(O)O)C3O)[C@H](O)C2O)c1. The Morgan fingerprint density at radius 2 is 1.57 bits per heavy atom. The fourth-order valence-corrected chi connectivity index (χ4v) is 9.15. The Labute approximate surface area is 342 Å². The van der Waals surface area contributed by atoms with Gasteiger partial charge in [-0.3, -0.25) is 23.2 Å². The van der Waals surface area contributed by atoms with Crippen LogP contribution in [-0.4, -0.2) is 135 Å². The summed E-state index contributed by atoms with van der Waals surface area (Å²) in [4.78, 5) is 76.5. The zero-order valence-corrected chi connectivity index (χ0v) is 34.8. The third-order valence-electron chi connectivity index (χ3n) is 9.45. The normalized spacial score (nSPS) is 26.6. The van der Waals surface area contributed by atoms with E-state index in [4.69, 9.17) is 28.8 Å². The molecular weight excluding hydrogens is 863 g/mol. The fraction of sp³-hybridized carbons (Fsp3) is 0.625. The number of imidazole rings is 1. The van der Waals surface area contributed by atoms with Crippen molar-refractivity contribution in [2.75, 3.05) is 31.6 Å². The predicted octanol–water partition coefficient (Wildman–Crippen LogP) is -0.227.